The molecule has 0 saturated heterocycles. The van der Waals surface area contributed by atoms with E-state index in [2.05, 4.69) is 26.6 Å². The normalized spacial score (nSPS) is 13.5. The van der Waals surface area contributed by atoms with Crippen LogP contribution in [0.25, 0.3) is 0 Å². The lowest BCUT2D eigenvalue weighted by molar-refractivity contribution is -0.141. The molecule has 0 aliphatic heterocycles. The topological polar surface area (TPSA) is 78.4 Å². The van der Waals surface area contributed by atoms with Crippen LogP contribution in [0.2, 0.25) is 0 Å². The van der Waals surface area contributed by atoms with Gasteiger partial charge in [-0.25, -0.2) is 0 Å². The van der Waals surface area contributed by atoms with Gasteiger partial charge in [-0.2, -0.15) is 0 Å². The quantitative estimate of drug-likeness (QED) is 0.669. The first-order chi connectivity index (χ1) is 9.93. The summed E-state index contributed by atoms with van der Waals surface area (Å²) < 4.78 is 0.890. The first-order valence-electron chi connectivity index (χ1n) is 6.95. The summed E-state index contributed by atoms with van der Waals surface area (Å²) in [5, 5.41) is 14.8. The monoisotopic (exact) mass is 356 g/mol. The number of carboxylic acid groups (broad SMARTS) is 1. The van der Waals surface area contributed by atoms with Crippen molar-refractivity contribution in [2.75, 3.05) is 11.9 Å². The molecule has 0 spiro atoms. The van der Waals surface area contributed by atoms with Gasteiger partial charge in [0.15, 0.2) is 0 Å². The molecular weight excluding hydrogens is 336 g/mol. The number of carbonyl (C=O) groups excluding carboxylic acids is 1. The molecule has 0 fully saturated rings. The Morgan fingerprint density at radius 3 is 2.67 bits per heavy atom. The summed E-state index contributed by atoms with van der Waals surface area (Å²) in [7, 11) is 0. The Bertz CT molecular complexity index is 494. The molecule has 1 rings (SSSR count). The summed E-state index contributed by atoms with van der Waals surface area (Å²) in [6.07, 6.45) is 1.00. The largest absolute Gasteiger partial charge is 0.480 e. The number of carbonyl (C=O) groups is 2. The van der Waals surface area contributed by atoms with Gasteiger partial charge >= 0.3 is 5.97 Å². The summed E-state index contributed by atoms with van der Waals surface area (Å²) in [4.78, 5) is 22.9. The number of hydrogen-bond donors (Lipinski definition) is 3. The number of amides is 1. The number of nitrogens with one attached hydrogen (secondary N) is 2. The van der Waals surface area contributed by atoms with E-state index < -0.39 is 12.0 Å². The summed E-state index contributed by atoms with van der Waals surface area (Å²) in [5.41, 5.74) is 0.714. The van der Waals surface area contributed by atoms with Crippen LogP contribution in [-0.2, 0) is 9.59 Å². The minimum Gasteiger partial charge on any atom is -0.480 e. The Labute approximate surface area is 133 Å². The van der Waals surface area contributed by atoms with Crippen molar-refractivity contribution >= 4 is 33.5 Å². The van der Waals surface area contributed by atoms with Crippen molar-refractivity contribution in [3.05, 3.63) is 28.7 Å². The number of hydrogen-bond acceptors (Lipinski definition) is 3. The molecule has 3 N–H and O–H groups in total. The number of rotatable bonds is 8. The second-order valence-corrected chi connectivity index (χ2v) is 5.88. The highest BCUT2D eigenvalue weighted by Crippen LogP contribution is 2.15. The Hall–Kier alpha value is -1.40. The summed E-state index contributed by atoms with van der Waals surface area (Å²) in [5.74, 6) is -0.999. The average Bonchev–Trinajstić information content (AvgIpc) is 2.42. The van der Waals surface area contributed by atoms with Crippen molar-refractivity contribution < 1.29 is 14.7 Å². The van der Waals surface area contributed by atoms with Gasteiger partial charge < -0.3 is 15.7 Å². The molecular formula is C15H21BrN2O3. The highest BCUT2D eigenvalue weighted by molar-refractivity contribution is 9.10. The van der Waals surface area contributed by atoms with Gasteiger partial charge in [0, 0.05) is 23.1 Å². The molecule has 116 valence electrons. The number of aliphatic carboxylic acids is 1. The molecule has 0 saturated carbocycles. The molecule has 0 aliphatic carbocycles. The number of halogens is 1. The van der Waals surface area contributed by atoms with Crippen LogP contribution in [0, 0.1) is 5.92 Å². The zero-order chi connectivity index (χ0) is 15.8. The van der Waals surface area contributed by atoms with Gasteiger partial charge in [-0.1, -0.05) is 42.3 Å². The Kier molecular flexibility index (Phi) is 7.39. The predicted molar refractivity (Wildman–Crippen MR) is 86.3 cm³/mol. The van der Waals surface area contributed by atoms with E-state index in [1.807, 2.05) is 32.0 Å². The van der Waals surface area contributed by atoms with E-state index in [1.54, 1.807) is 6.07 Å². The third-order valence-corrected chi connectivity index (χ3v) is 3.80. The molecule has 0 aromatic heterocycles. The van der Waals surface area contributed by atoms with Gasteiger partial charge in [0.05, 0.1) is 0 Å². The van der Waals surface area contributed by atoms with E-state index in [0.717, 1.165) is 10.9 Å². The van der Waals surface area contributed by atoms with Crippen molar-refractivity contribution in [2.24, 2.45) is 5.92 Å². The summed E-state index contributed by atoms with van der Waals surface area (Å²) in [6, 6.07) is 6.70. The molecule has 0 heterocycles. The number of benzene rings is 1. The van der Waals surface area contributed by atoms with Crippen LogP contribution in [0.4, 0.5) is 5.69 Å². The summed E-state index contributed by atoms with van der Waals surface area (Å²) >= 11 is 3.33. The van der Waals surface area contributed by atoms with E-state index in [4.69, 9.17) is 5.11 Å². The van der Waals surface area contributed by atoms with Crippen LogP contribution in [0.5, 0.6) is 0 Å². The smallest absolute Gasteiger partial charge is 0.320 e. The molecule has 5 nitrogen and oxygen atoms in total. The van der Waals surface area contributed by atoms with Crippen LogP contribution in [0.3, 0.4) is 0 Å². The SMILES string of the molecule is CC[C@H](C)[C@H](NCCC(=O)Nc1cccc(Br)c1)C(=O)O. The molecule has 0 radical (unpaired) electrons. The van der Waals surface area contributed by atoms with Gasteiger partial charge in [0.1, 0.15) is 6.04 Å². The van der Waals surface area contributed by atoms with E-state index in [0.29, 0.717) is 12.2 Å². The van der Waals surface area contributed by atoms with Crippen molar-refractivity contribution in [3.8, 4) is 0 Å². The molecule has 21 heavy (non-hydrogen) atoms. The van der Waals surface area contributed by atoms with Gasteiger partial charge in [-0.05, 0) is 24.1 Å². The molecule has 1 aromatic rings. The van der Waals surface area contributed by atoms with E-state index in [-0.39, 0.29) is 18.2 Å². The highest BCUT2D eigenvalue weighted by atomic mass is 79.9. The van der Waals surface area contributed by atoms with E-state index in [9.17, 15) is 9.59 Å². The zero-order valence-corrected chi connectivity index (χ0v) is 13.8. The fourth-order valence-corrected chi connectivity index (χ4v) is 2.30. The molecule has 0 unspecified atom stereocenters. The number of carboxylic acids is 1. The third kappa shape index (κ3) is 6.27. The van der Waals surface area contributed by atoms with Crippen LogP contribution in [0.15, 0.2) is 28.7 Å². The first kappa shape index (κ1) is 17.7. The highest BCUT2D eigenvalue weighted by Gasteiger charge is 2.22. The van der Waals surface area contributed by atoms with Crippen molar-refractivity contribution in [1.82, 2.24) is 5.32 Å². The van der Waals surface area contributed by atoms with Gasteiger partial charge in [0.25, 0.3) is 0 Å². The molecule has 6 heteroatoms. The average molecular weight is 357 g/mol. The van der Waals surface area contributed by atoms with Crippen LogP contribution < -0.4 is 10.6 Å². The fraction of sp³-hybridized carbons (Fsp3) is 0.467. The van der Waals surface area contributed by atoms with Crippen molar-refractivity contribution in [2.45, 2.75) is 32.7 Å². The van der Waals surface area contributed by atoms with Crippen molar-refractivity contribution in [1.29, 1.82) is 0 Å². The molecule has 1 amide bonds. The lowest BCUT2D eigenvalue weighted by atomic mass is 9.99. The maximum absolute atomic E-state index is 11.8. The van der Waals surface area contributed by atoms with Crippen molar-refractivity contribution in [3.63, 3.8) is 0 Å². The van der Waals surface area contributed by atoms with Gasteiger partial charge in [-0.3, -0.25) is 9.59 Å². The molecule has 2 atom stereocenters. The van der Waals surface area contributed by atoms with Crippen LogP contribution >= 0.6 is 15.9 Å². The van der Waals surface area contributed by atoms with Gasteiger partial charge in [-0.15, -0.1) is 0 Å². The molecule has 0 aliphatic rings. The lowest BCUT2D eigenvalue weighted by Gasteiger charge is -2.20. The molecule has 0 bridgehead atoms. The second kappa shape index (κ2) is 8.79. The first-order valence-corrected chi connectivity index (χ1v) is 7.75. The van der Waals surface area contributed by atoms with Crippen LogP contribution in [-0.4, -0.2) is 29.6 Å². The predicted octanol–water partition coefficient (Wildman–Crippen LogP) is 2.87. The summed E-state index contributed by atoms with van der Waals surface area (Å²) in [6.45, 7) is 4.16. The van der Waals surface area contributed by atoms with E-state index >= 15 is 0 Å². The fourth-order valence-electron chi connectivity index (χ4n) is 1.90. The Morgan fingerprint density at radius 1 is 1.38 bits per heavy atom. The Morgan fingerprint density at radius 2 is 2.10 bits per heavy atom. The van der Waals surface area contributed by atoms with E-state index in [1.165, 1.54) is 0 Å². The second-order valence-electron chi connectivity index (χ2n) is 4.96. The van der Waals surface area contributed by atoms with Crippen LogP contribution in [0.1, 0.15) is 26.7 Å². The number of anilines is 1. The lowest BCUT2D eigenvalue weighted by Crippen LogP contribution is -2.42. The minimum absolute atomic E-state index is 0.0237. The van der Waals surface area contributed by atoms with Gasteiger partial charge in [0.2, 0.25) is 5.91 Å². The zero-order valence-electron chi connectivity index (χ0n) is 12.2. The molecule has 1 aromatic carbocycles. The Balaban J connectivity index is 2.40. The minimum atomic E-state index is -0.878. The maximum Gasteiger partial charge on any atom is 0.320 e. The standard InChI is InChI=1S/C15H21BrN2O3/c1-3-10(2)14(15(20)21)17-8-7-13(19)18-12-6-4-5-11(16)9-12/h4-6,9-10,14,17H,3,7-8H2,1-2H3,(H,18,19)(H,20,21)/t10-,14-/m0/s1. The third-order valence-electron chi connectivity index (χ3n) is 3.30. The maximum atomic E-state index is 11.8.